The van der Waals surface area contributed by atoms with Gasteiger partial charge < -0.3 is 20.7 Å². The summed E-state index contributed by atoms with van der Waals surface area (Å²) < 4.78 is 31.4. The van der Waals surface area contributed by atoms with Crippen LogP contribution in [0.3, 0.4) is 0 Å². The Hall–Kier alpha value is -2.75. The molecule has 3 aliphatic rings. The van der Waals surface area contributed by atoms with Gasteiger partial charge in [0.2, 0.25) is 5.95 Å². The average molecular weight is 466 g/mol. The molecule has 2 aromatic carbocycles. The van der Waals surface area contributed by atoms with Crippen LogP contribution in [0.1, 0.15) is 24.0 Å². The van der Waals surface area contributed by atoms with Gasteiger partial charge in [-0.25, -0.2) is 13.4 Å². The summed E-state index contributed by atoms with van der Waals surface area (Å²) >= 11 is 0. The van der Waals surface area contributed by atoms with E-state index >= 15 is 0 Å². The molecule has 0 amide bonds. The number of fused-ring (bicyclic) bond motifs is 2. The first-order valence-electron chi connectivity index (χ1n) is 11.3. The van der Waals surface area contributed by atoms with E-state index in [1.807, 2.05) is 36.1 Å². The quantitative estimate of drug-likeness (QED) is 0.604. The summed E-state index contributed by atoms with van der Waals surface area (Å²) in [6, 6.07) is 13.4. The second-order valence-electron chi connectivity index (χ2n) is 9.75. The van der Waals surface area contributed by atoms with E-state index in [0.717, 1.165) is 22.0 Å². The third-order valence-electron chi connectivity index (χ3n) is 6.99. The van der Waals surface area contributed by atoms with E-state index in [2.05, 4.69) is 11.4 Å². The Bertz CT molecular complexity index is 1370. The minimum absolute atomic E-state index is 0.384. The number of nitrogens with two attached hydrogens (primary N) is 1. The highest BCUT2D eigenvalue weighted by molar-refractivity contribution is 7.93. The molecule has 3 aromatic rings. The van der Waals surface area contributed by atoms with Crippen molar-refractivity contribution in [2.24, 2.45) is 5.73 Å². The Morgan fingerprint density at radius 3 is 2.67 bits per heavy atom. The third-order valence-corrected chi connectivity index (χ3v) is 9.64. The summed E-state index contributed by atoms with van der Waals surface area (Å²) in [5.74, 6) is 1.24. The maximum absolute atomic E-state index is 13.4. The molecule has 3 N–H and O–H groups in total. The number of nitrogens with one attached hydrogen (secondary N) is 1. The molecule has 1 aliphatic carbocycles. The Balaban J connectivity index is 1.44. The van der Waals surface area contributed by atoms with Crippen molar-refractivity contribution in [2.45, 2.75) is 41.5 Å². The fourth-order valence-corrected chi connectivity index (χ4v) is 6.93. The molecule has 172 valence electrons. The maximum atomic E-state index is 13.4. The first-order valence-corrected chi connectivity index (χ1v) is 12.7. The molecule has 1 saturated carbocycles. The summed E-state index contributed by atoms with van der Waals surface area (Å²) in [4.78, 5) is 12.2. The van der Waals surface area contributed by atoms with Crippen LogP contribution in [0, 0.1) is 6.92 Å². The SMILES string of the molecule is Cc1ccc2nc(N3Cc4ccccc4S(=O)(=O)C4(CC4)C3)nc(NCC3(N)COC3)c2c1. The molecule has 0 atom stereocenters. The Kier molecular flexibility index (Phi) is 4.50. The lowest BCUT2D eigenvalue weighted by atomic mass is 9.99. The number of sulfone groups is 1. The van der Waals surface area contributed by atoms with Gasteiger partial charge in [-0.15, -0.1) is 0 Å². The van der Waals surface area contributed by atoms with Gasteiger partial charge in [0.25, 0.3) is 0 Å². The number of nitrogens with zero attached hydrogens (tertiary/aromatic N) is 3. The summed E-state index contributed by atoms with van der Waals surface area (Å²) in [5, 5.41) is 4.35. The van der Waals surface area contributed by atoms with E-state index in [0.29, 0.717) is 62.4 Å². The van der Waals surface area contributed by atoms with Crippen molar-refractivity contribution < 1.29 is 13.2 Å². The molecule has 2 fully saturated rings. The van der Waals surface area contributed by atoms with Crippen molar-refractivity contribution in [3.8, 4) is 0 Å². The minimum Gasteiger partial charge on any atom is -0.377 e. The lowest BCUT2D eigenvalue weighted by Gasteiger charge is -2.38. The first kappa shape index (κ1) is 20.8. The van der Waals surface area contributed by atoms with Crippen LogP contribution in [0.5, 0.6) is 0 Å². The summed E-state index contributed by atoms with van der Waals surface area (Å²) in [6.07, 6.45) is 1.32. The number of aryl methyl sites for hydroxylation is 1. The second-order valence-corrected chi connectivity index (χ2v) is 12.1. The molecule has 2 aliphatic heterocycles. The van der Waals surface area contributed by atoms with Gasteiger partial charge in [-0.3, -0.25) is 0 Å². The standard InChI is InChI=1S/C24H27N5O3S/c1-16-6-7-19-18(10-16)21(26-12-23(25)14-32-15-23)28-22(27-19)29-11-17-4-2-3-5-20(17)33(30,31)24(13-29)8-9-24/h2-7,10H,8-9,11-15,25H2,1H3,(H,26,27,28). The summed E-state index contributed by atoms with van der Waals surface area (Å²) in [6.45, 7) is 4.43. The van der Waals surface area contributed by atoms with Crippen LogP contribution in [-0.2, 0) is 21.1 Å². The van der Waals surface area contributed by atoms with Gasteiger partial charge >= 0.3 is 0 Å². The highest BCUT2D eigenvalue weighted by Gasteiger charge is 2.57. The monoisotopic (exact) mass is 465 g/mol. The molecule has 6 rings (SSSR count). The fourth-order valence-electron chi connectivity index (χ4n) is 4.76. The van der Waals surface area contributed by atoms with Crippen LogP contribution in [0.15, 0.2) is 47.4 Å². The number of benzene rings is 2. The molecule has 1 aromatic heterocycles. The lowest BCUT2D eigenvalue weighted by molar-refractivity contribution is -0.0461. The predicted molar refractivity (Wildman–Crippen MR) is 127 cm³/mol. The normalized spacial score (nSPS) is 21.8. The second kappa shape index (κ2) is 7.12. The predicted octanol–water partition coefficient (Wildman–Crippen LogP) is 2.40. The molecule has 33 heavy (non-hydrogen) atoms. The van der Waals surface area contributed by atoms with E-state index < -0.39 is 20.1 Å². The Morgan fingerprint density at radius 2 is 1.94 bits per heavy atom. The minimum atomic E-state index is -3.41. The molecule has 0 radical (unpaired) electrons. The molecule has 9 heteroatoms. The molecule has 0 unspecified atom stereocenters. The van der Waals surface area contributed by atoms with Gasteiger partial charge in [0.1, 0.15) is 5.82 Å². The fraction of sp³-hybridized carbons (Fsp3) is 0.417. The molecular weight excluding hydrogens is 438 g/mol. The van der Waals surface area contributed by atoms with Crippen LogP contribution >= 0.6 is 0 Å². The van der Waals surface area contributed by atoms with E-state index in [-0.39, 0.29) is 0 Å². The Labute approximate surface area is 193 Å². The number of hydrogen-bond donors (Lipinski definition) is 2. The zero-order valence-corrected chi connectivity index (χ0v) is 19.4. The van der Waals surface area contributed by atoms with E-state index in [1.165, 1.54) is 0 Å². The van der Waals surface area contributed by atoms with Gasteiger partial charge in [0.15, 0.2) is 9.84 Å². The molecular formula is C24H27N5O3S. The van der Waals surface area contributed by atoms with Gasteiger partial charge in [0, 0.05) is 25.0 Å². The van der Waals surface area contributed by atoms with E-state index in [9.17, 15) is 8.42 Å². The zero-order valence-electron chi connectivity index (χ0n) is 18.5. The molecule has 3 heterocycles. The third kappa shape index (κ3) is 3.37. The molecule has 8 nitrogen and oxygen atoms in total. The molecule has 0 bridgehead atoms. The Morgan fingerprint density at radius 1 is 1.15 bits per heavy atom. The van der Waals surface area contributed by atoms with Crippen molar-refractivity contribution in [1.29, 1.82) is 0 Å². The van der Waals surface area contributed by atoms with Crippen molar-refractivity contribution in [2.75, 3.05) is 36.5 Å². The van der Waals surface area contributed by atoms with Gasteiger partial charge in [-0.2, -0.15) is 4.98 Å². The van der Waals surface area contributed by atoms with E-state index in [1.54, 1.807) is 12.1 Å². The van der Waals surface area contributed by atoms with Crippen molar-refractivity contribution in [1.82, 2.24) is 9.97 Å². The van der Waals surface area contributed by atoms with Gasteiger partial charge in [-0.1, -0.05) is 29.8 Å². The summed E-state index contributed by atoms with van der Waals surface area (Å²) in [7, 11) is -3.41. The zero-order chi connectivity index (χ0) is 22.8. The maximum Gasteiger partial charge on any atom is 0.228 e. The van der Waals surface area contributed by atoms with Gasteiger partial charge in [-0.05, 0) is 43.5 Å². The molecule has 1 saturated heterocycles. The average Bonchev–Trinajstić information content (AvgIpc) is 3.58. The largest absolute Gasteiger partial charge is 0.377 e. The van der Waals surface area contributed by atoms with Crippen LogP contribution in [0.2, 0.25) is 0 Å². The highest BCUT2D eigenvalue weighted by Crippen LogP contribution is 2.50. The van der Waals surface area contributed by atoms with Gasteiger partial charge in [0.05, 0.1) is 33.9 Å². The lowest BCUT2D eigenvalue weighted by Crippen LogP contribution is -2.61. The number of anilines is 2. The van der Waals surface area contributed by atoms with Crippen LogP contribution in [0.4, 0.5) is 11.8 Å². The van der Waals surface area contributed by atoms with E-state index in [4.69, 9.17) is 20.4 Å². The van der Waals surface area contributed by atoms with Crippen LogP contribution in [0.25, 0.3) is 10.9 Å². The number of rotatable bonds is 4. The highest BCUT2D eigenvalue weighted by atomic mass is 32.2. The van der Waals surface area contributed by atoms with Crippen molar-refractivity contribution >= 4 is 32.5 Å². The topological polar surface area (TPSA) is 110 Å². The number of aromatic nitrogens is 2. The first-order chi connectivity index (χ1) is 15.8. The van der Waals surface area contributed by atoms with Crippen LogP contribution < -0.4 is 16.0 Å². The number of ether oxygens (including phenoxy) is 1. The number of hydrogen-bond acceptors (Lipinski definition) is 8. The van der Waals surface area contributed by atoms with Crippen molar-refractivity contribution in [3.63, 3.8) is 0 Å². The smallest absolute Gasteiger partial charge is 0.228 e. The van der Waals surface area contributed by atoms with Crippen LogP contribution in [-0.4, -0.2) is 55.0 Å². The molecule has 1 spiro atoms. The summed E-state index contributed by atoms with van der Waals surface area (Å²) in [5.41, 5.74) is 8.65. The van der Waals surface area contributed by atoms with Crippen molar-refractivity contribution in [3.05, 3.63) is 53.6 Å².